The van der Waals surface area contributed by atoms with Gasteiger partial charge in [0.2, 0.25) is 10.0 Å². The zero-order valence-electron chi connectivity index (χ0n) is 16.7. The highest BCUT2D eigenvalue weighted by Crippen LogP contribution is 2.32. The number of halogens is 2. The average molecular weight is 448 g/mol. The molecule has 31 heavy (non-hydrogen) atoms. The van der Waals surface area contributed by atoms with Crippen molar-refractivity contribution in [3.05, 3.63) is 70.1 Å². The van der Waals surface area contributed by atoms with Gasteiger partial charge in [-0.3, -0.25) is 4.79 Å². The molecule has 1 aliphatic heterocycles. The van der Waals surface area contributed by atoms with Crippen LogP contribution in [-0.2, 0) is 16.4 Å². The summed E-state index contributed by atoms with van der Waals surface area (Å²) in [4.78, 5) is 14.5. The second kappa shape index (κ2) is 8.76. The van der Waals surface area contributed by atoms with Gasteiger partial charge in [-0.15, -0.1) is 0 Å². The number of carbonyl (C=O) groups excluding carboxylic acids is 1. The molecule has 2 aromatic carbocycles. The van der Waals surface area contributed by atoms with Crippen LogP contribution >= 0.6 is 0 Å². The van der Waals surface area contributed by atoms with E-state index in [1.54, 1.807) is 41.3 Å². The van der Waals surface area contributed by atoms with Crippen LogP contribution in [0.5, 0.6) is 5.75 Å². The Morgan fingerprint density at radius 2 is 1.68 bits per heavy atom. The van der Waals surface area contributed by atoms with E-state index in [0.717, 1.165) is 5.56 Å². The van der Waals surface area contributed by atoms with Gasteiger partial charge in [-0.2, -0.15) is 13.1 Å². The lowest BCUT2D eigenvalue weighted by Gasteiger charge is -2.35. The summed E-state index contributed by atoms with van der Waals surface area (Å²) in [6.07, 6.45) is 2.31. The number of carbonyl (C=O) groups is 1. The smallest absolute Gasteiger partial charge is 0.387 e. The van der Waals surface area contributed by atoms with Gasteiger partial charge in [-0.1, -0.05) is 24.3 Å². The van der Waals surface area contributed by atoms with E-state index >= 15 is 0 Å². The lowest BCUT2D eigenvalue weighted by molar-refractivity contribution is -0.0498. The van der Waals surface area contributed by atoms with Crippen molar-refractivity contribution in [2.24, 2.45) is 0 Å². The fraction of sp³-hybridized carbons (Fsp3) is 0.318. The number of nitrogens with zero attached hydrogens (tertiary/aromatic N) is 2. The molecule has 0 aromatic heterocycles. The molecule has 9 heteroatoms. The molecule has 0 saturated carbocycles. The van der Waals surface area contributed by atoms with E-state index < -0.39 is 16.6 Å². The van der Waals surface area contributed by atoms with E-state index in [4.69, 9.17) is 0 Å². The predicted molar refractivity (Wildman–Crippen MR) is 112 cm³/mol. The first-order valence-corrected chi connectivity index (χ1v) is 11.4. The lowest BCUT2D eigenvalue weighted by atomic mass is 9.97. The molecule has 0 N–H and O–H groups in total. The highest BCUT2D eigenvalue weighted by atomic mass is 32.2. The molecule has 0 radical (unpaired) electrons. The lowest BCUT2D eigenvalue weighted by Crippen LogP contribution is -2.50. The highest BCUT2D eigenvalue weighted by molar-refractivity contribution is 7.93. The second-order valence-corrected chi connectivity index (χ2v) is 9.40. The topological polar surface area (TPSA) is 66.9 Å². The Hall–Kier alpha value is -2.78. The number of amides is 1. The summed E-state index contributed by atoms with van der Waals surface area (Å²) in [5.41, 5.74) is 2.04. The highest BCUT2D eigenvalue weighted by Gasteiger charge is 2.32. The minimum atomic E-state index is -3.67. The Kier molecular flexibility index (Phi) is 6.06. The average Bonchev–Trinajstić information content (AvgIpc) is 2.78. The number of rotatable bonds is 5. The van der Waals surface area contributed by atoms with E-state index in [1.807, 2.05) is 6.07 Å². The van der Waals surface area contributed by atoms with Crippen molar-refractivity contribution in [1.29, 1.82) is 0 Å². The normalized spacial score (nSPS) is 17.3. The van der Waals surface area contributed by atoms with Gasteiger partial charge in [0.15, 0.2) is 0 Å². The van der Waals surface area contributed by atoms with Crippen LogP contribution in [0, 0.1) is 0 Å². The van der Waals surface area contributed by atoms with Crippen molar-refractivity contribution < 1.29 is 26.7 Å². The van der Waals surface area contributed by atoms with Crippen molar-refractivity contribution in [2.75, 3.05) is 26.2 Å². The minimum Gasteiger partial charge on any atom is -0.435 e. The molecule has 1 saturated heterocycles. The quantitative estimate of drug-likeness (QED) is 0.704. The summed E-state index contributed by atoms with van der Waals surface area (Å²) in [5.74, 6) is -0.0436. The fourth-order valence-corrected chi connectivity index (χ4v) is 5.49. The SMILES string of the molecule is O=C(c1ccccc1)N1CCN(S(=O)(=O)C2=Cc3ccc(OC(F)F)cc3CC2)CC1. The van der Waals surface area contributed by atoms with Gasteiger partial charge in [0.25, 0.3) is 5.91 Å². The van der Waals surface area contributed by atoms with Crippen molar-refractivity contribution in [1.82, 2.24) is 9.21 Å². The molecule has 164 valence electrons. The van der Waals surface area contributed by atoms with Gasteiger partial charge in [0.05, 0.1) is 4.91 Å². The summed E-state index contributed by atoms with van der Waals surface area (Å²) in [5, 5.41) is 0. The summed E-state index contributed by atoms with van der Waals surface area (Å²) < 4.78 is 56.9. The number of sulfonamides is 1. The van der Waals surface area contributed by atoms with Crippen LogP contribution in [-0.4, -0.2) is 56.3 Å². The summed E-state index contributed by atoms with van der Waals surface area (Å²) in [6, 6.07) is 13.4. The molecule has 4 rings (SSSR count). The number of fused-ring (bicyclic) bond motifs is 1. The van der Waals surface area contributed by atoms with Crippen molar-refractivity contribution >= 4 is 22.0 Å². The molecule has 0 bridgehead atoms. The summed E-state index contributed by atoms with van der Waals surface area (Å²) >= 11 is 0. The Balaban J connectivity index is 1.45. The standard InChI is InChI=1S/C22H22F2N2O4S/c23-22(24)30-19-8-6-18-15-20(9-7-17(18)14-19)31(28,29)26-12-10-25(11-13-26)21(27)16-4-2-1-3-5-16/h1-6,8,14-15,22H,7,9-13H2. The van der Waals surface area contributed by atoms with Crippen LogP contribution in [0.3, 0.4) is 0 Å². The van der Waals surface area contributed by atoms with E-state index in [1.165, 1.54) is 16.4 Å². The number of allylic oxidation sites excluding steroid dienone is 1. The molecule has 2 aromatic rings. The van der Waals surface area contributed by atoms with Crippen LogP contribution in [0.25, 0.3) is 6.08 Å². The maximum absolute atomic E-state index is 13.1. The van der Waals surface area contributed by atoms with E-state index in [-0.39, 0.29) is 31.2 Å². The first-order valence-electron chi connectivity index (χ1n) is 9.97. The number of hydrogen-bond acceptors (Lipinski definition) is 4. The fourth-order valence-electron chi connectivity index (χ4n) is 3.88. The Bertz CT molecular complexity index is 1100. The van der Waals surface area contributed by atoms with Crippen molar-refractivity contribution in [3.8, 4) is 5.75 Å². The van der Waals surface area contributed by atoms with E-state index in [9.17, 15) is 22.0 Å². The maximum Gasteiger partial charge on any atom is 0.387 e. The molecule has 6 nitrogen and oxygen atoms in total. The number of benzene rings is 2. The second-order valence-electron chi connectivity index (χ2n) is 7.41. The van der Waals surface area contributed by atoms with Gasteiger partial charge in [0.1, 0.15) is 5.75 Å². The number of ether oxygens (including phenoxy) is 1. The van der Waals surface area contributed by atoms with Gasteiger partial charge < -0.3 is 9.64 Å². The van der Waals surface area contributed by atoms with Crippen LogP contribution in [0.4, 0.5) is 8.78 Å². The number of hydrogen-bond donors (Lipinski definition) is 0. The molecule has 1 amide bonds. The van der Waals surface area contributed by atoms with E-state index in [0.29, 0.717) is 35.5 Å². The maximum atomic E-state index is 13.1. The largest absolute Gasteiger partial charge is 0.435 e. The van der Waals surface area contributed by atoms with Crippen LogP contribution in [0.1, 0.15) is 27.9 Å². The first kappa shape index (κ1) is 21.5. The Morgan fingerprint density at radius 1 is 0.968 bits per heavy atom. The predicted octanol–water partition coefficient (Wildman–Crippen LogP) is 3.36. The van der Waals surface area contributed by atoms with Crippen LogP contribution in [0.2, 0.25) is 0 Å². The number of alkyl halides is 2. The van der Waals surface area contributed by atoms with Gasteiger partial charge in [-0.05, 0) is 54.3 Å². The Labute approximate surface area is 179 Å². The molecule has 2 aliphatic rings. The monoisotopic (exact) mass is 448 g/mol. The zero-order chi connectivity index (χ0) is 22.0. The number of piperazine rings is 1. The Morgan fingerprint density at radius 3 is 2.35 bits per heavy atom. The molecular weight excluding hydrogens is 426 g/mol. The molecule has 0 unspecified atom stereocenters. The van der Waals surface area contributed by atoms with Crippen molar-refractivity contribution in [2.45, 2.75) is 19.5 Å². The van der Waals surface area contributed by atoms with E-state index in [2.05, 4.69) is 4.74 Å². The van der Waals surface area contributed by atoms with Crippen LogP contribution in [0.15, 0.2) is 53.4 Å². The molecule has 0 spiro atoms. The summed E-state index contributed by atoms with van der Waals surface area (Å²) in [6.45, 7) is -1.80. The third kappa shape index (κ3) is 4.62. The molecule has 0 atom stereocenters. The first-order chi connectivity index (χ1) is 14.8. The molecular formula is C22H22F2N2O4S. The third-order valence-corrected chi connectivity index (χ3v) is 7.54. The van der Waals surface area contributed by atoms with Crippen molar-refractivity contribution in [3.63, 3.8) is 0 Å². The van der Waals surface area contributed by atoms with Gasteiger partial charge >= 0.3 is 6.61 Å². The summed E-state index contributed by atoms with van der Waals surface area (Å²) in [7, 11) is -3.67. The zero-order valence-corrected chi connectivity index (χ0v) is 17.5. The minimum absolute atomic E-state index is 0.0627. The molecule has 1 aliphatic carbocycles. The molecule has 1 heterocycles. The van der Waals surface area contributed by atoms with Gasteiger partial charge in [0, 0.05) is 31.7 Å². The molecule has 1 fully saturated rings. The third-order valence-electron chi connectivity index (χ3n) is 5.51. The number of aryl methyl sites for hydroxylation is 1. The van der Waals surface area contributed by atoms with Crippen LogP contribution < -0.4 is 4.74 Å². The van der Waals surface area contributed by atoms with Gasteiger partial charge in [-0.25, -0.2) is 8.42 Å².